The van der Waals surface area contributed by atoms with E-state index in [1.54, 1.807) is 24.3 Å². The predicted octanol–water partition coefficient (Wildman–Crippen LogP) is 4.08. The molecular formula is C28H32ClN3O5S. The molecule has 10 heteroatoms. The number of anilines is 1. The molecule has 1 aliphatic rings. The molecule has 0 spiro atoms. The highest BCUT2D eigenvalue weighted by molar-refractivity contribution is 7.92. The van der Waals surface area contributed by atoms with Crippen LogP contribution in [0.4, 0.5) is 5.69 Å². The lowest BCUT2D eigenvalue weighted by Crippen LogP contribution is -2.40. The van der Waals surface area contributed by atoms with E-state index in [0.29, 0.717) is 23.1 Å². The van der Waals surface area contributed by atoms with Gasteiger partial charge >= 0.3 is 0 Å². The largest absolute Gasteiger partial charge is 0.494 e. The van der Waals surface area contributed by atoms with Crippen LogP contribution in [0.5, 0.6) is 5.75 Å². The minimum Gasteiger partial charge on any atom is -0.494 e. The maximum absolute atomic E-state index is 13.5. The molecule has 3 aromatic carbocycles. The van der Waals surface area contributed by atoms with Crippen LogP contribution in [0.2, 0.25) is 5.02 Å². The molecule has 1 saturated heterocycles. The first-order valence-corrected chi connectivity index (χ1v) is 14.3. The Morgan fingerprint density at radius 3 is 2.24 bits per heavy atom. The zero-order valence-electron chi connectivity index (χ0n) is 21.3. The molecule has 1 N–H and O–H groups in total. The zero-order chi connectivity index (χ0) is 27.0. The Balaban J connectivity index is 1.44. The van der Waals surface area contributed by atoms with Crippen molar-refractivity contribution in [2.75, 3.05) is 43.8 Å². The third-order valence-electron chi connectivity index (χ3n) is 6.15. The average Bonchev–Trinajstić information content (AvgIpc) is 2.93. The first-order valence-electron chi connectivity index (χ1n) is 12.5. The normalized spacial score (nSPS) is 14.2. The Hall–Kier alpha value is -3.11. The minimum atomic E-state index is -4.03. The number of benzene rings is 3. The number of rotatable bonds is 11. The number of carbonyl (C=O) groups excluding carboxylic acids is 1. The Bertz CT molecular complexity index is 1290. The van der Waals surface area contributed by atoms with E-state index in [4.69, 9.17) is 21.1 Å². The fourth-order valence-corrected chi connectivity index (χ4v) is 5.64. The van der Waals surface area contributed by atoms with Gasteiger partial charge < -0.3 is 14.8 Å². The van der Waals surface area contributed by atoms with E-state index in [-0.39, 0.29) is 18.0 Å². The van der Waals surface area contributed by atoms with Crippen LogP contribution in [-0.4, -0.2) is 58.7 Å². The average molecular weight is 558 g/mol. The van der Waals surface area contributed by atoms with Gasteiger partial charge in [0.15, 0.2) is 0 Å². The number of halogens is 1. The van der Waals surface area contributed by atoms with Crippen molar-refractivity contribution in [2.45, 2.75) is 24.9 Å². The minimum absolute atomic E-state index is 0.0411. The van der Waals surface area contributed by atoms with Crippen molar-refractivity contribution >= 4 is 33.2 Å². The molecule has 202 valence electrons. The molecule has 0 atom stereocenters. The lowest BCUT2D eigenvalue weighted by Gasteiger charge is -2.26. The van der Waals surface area contributed by atoms with Crippen molar-refractivity contribution in [3.8, 4) is 5.75 Å². The molecule has 1 heterocycles. The van der Waals surface area contributed by atoms with Gasteiger partial charge in [0.1, 0.15) is 12.3 Å². The quantitative estimate of drug-likeness (QED) is 0.382. The fraction of sp³-hybridized carbons (Fsp3) is 0.321. The zero-order valence-corrected chi connectivity index (χ0v) is 22.9. The Kier molecular flexibility index (Phi) is 9.63. The van der Waals surface area contributed by atoms with Crippen LogP contribution in [0.25, 0.3) is 0 Å². The molecule has 1 amide bonds. The Morgan fingerprint density at radius 1 is 0.974 bits per heavy atom. The van der Waals surface area contributed by atoms with Gasteiger partial charge in [-0.2, -0.15) is 0 Å². The summed E-state index contributed by atoms with van der Waals surface area (Å²) in [6.45, 7) is 6.47. The second-order valence-corrected chi connectivity index (χ2v) is 11.2. The van der Waals surface area contributed by atoms with Crippen LogP contribution in [0.1, 0.15) is 18.1 Å². The molecule has 0 aliphatic carbocycles. The predicted molar refractivity (Wildman–Crippen MR) is 148 cm³/mol. The van der Waals surface area contributed by atoms with Gasteiger partial charge in [-0.25, -0.2) is 8.42 Å². The van der Waals surface area contributed by atoms with Crippen LogP contribution in [0, 0.1) is 0 Å². The van der Waals surface area contributed by atoms with Crippen molar-refractivity contribution in [2.24, 2.45) is 0 Å². The number of amides is 1. The fourth-order valence-electron chi connectivity index (χ4n) is 4.09. The molecule has 0 bridgehead atoms. The molecule has 38 heavy (non-hydrogen) atoms. The molecule has 0 radical (unpaired) electrons. The summed E-state index contributed by atoms with van der Waals surface area (Å²) in [7, 11) is -4.03. The first kappa shape index (κ1) is 27.9. The van der Waals surface area contributed by atoms with Gasteiger partial charge in [-0.3, -0.25) is 14.0 Å². The van der Waals surface area contributed by atoms with Gasteiger partial charge in [0.05, 0.1) is 30.4 Å². The van der Waals surface area contributed by atoms with Crippen LogP contribution in [0.3, 0.4) is 0 Å². The molecule has 0 unspecified atom stereocenters. The number of hydrogen-bond acceptors (Lipinski definition) is 6. The van der Waals surface area contributed by atoms with Crippen LogP contribution >= 0.6 is 11.6 Å². The first-order chi connectivity index (χ1) is 18.3. The van der Waals surface area contributed by atoms with E-state index in [9.17, 15) is 13.2 Å². The molecule has 1 aliphatic heterocycles. The van der Waals surface area contributed by atoms with Gasteiger partial charge in [0.2, 0.25) is 5.91 Å². The molecule has 3 aromatic rings. The standard InChI is InChI=1S/C28H32ClN3O5S/c1-2-37-26-11-9-25(10-12-26)32(38(34,35)27-13-7-24(29)8-14-27)21-28(33)30-19-22-3-5-23(6-4-22)20-31-15-17-36-18-16-31/h3-14H,2,15-21H2,1H3,(H,30,33). The van der Waals surface area contributed by atoms with Crippen molar-refractivity contribution < 1.29 is 22.7 Å². The lowest BCUT2D eigenvalue weighted by molar-refractivity contribution is -0.119. The van der Waals surface area contributed by atoms with Crippen molar-refractivity contribution in [1.29, 1.82) is 0 Å². The van der Waals surface area contributed by atoms with E-state index < -0.39 is 15.9 Å². The van der Waals surface area contributed by atoms with Crippen LogP contribution in [0.15, 0.2) is 77.7 Å². The molecular weight excluding hydrogens is 526 g/mol. The molecule has 8 nitrogen and oxygen atoms in total. The molecule has 4 rings (SSSR count). The highest BCUT2D eigenvalue weighted by atomic mass is 35.5. The van der Waals surface area contributed by atoms with Gasteiger partial charge in [-0.05, 0) is 66.6 Å². The summed E-state index contributed by atoms with van der Waals surface area (Å²) in [4.78, 5) is 15.3. The van der Waals surface area contributed by atoms with E-state index in [1.165, 1.54) is 29.8 Å². The number of sulfonamides is 1. The maximum Gasteiger partial charge on any atom is 0.264 e. The number of carbonyl (C=O) groups is 1. The number of morpholine rings is 1. The van der Waals surface area contributed by atoms with E-state index in [1.807, 2.05) is 31.2 Å². The van der Waals surface area contributed by atoms with Gasteiger partial charge in [0, 0.05) is 31.2 Å². The van der Waals surface area contributed by atoms with Crippen LogP contribution in [-0.2, 0) is 32.6 Å². The van der Waals surface area contributed by atoms with E-state index in [2.05, 4.69) is 10.2 Å². The summed E-state index contributed by atoms with van der Waals surface area (Å²) < 4.78 is 39.0. The summed E-state index contributed by atoms with van der Waals surface area (Å²) in [5.41, 5.74) is 2.47. The topological polar surface area (TPSA) is 88.2 Å². The number of nitrogens with zero attached hydrogens (tertiary/aromatic N) is 2. The van der Waals surface area contributed by atoms with Crippen molar-refractivity contribution in [3.05, 3.63) is 88.9 Å². The smallest absolute Gasteiger partial charge is 0.264 e. The molecule has 0 aromatic heterocycles. The highest BCUT2D eigenvalue weighted by Crippen LogP contribution is 2.26. The number of nitrogens with one attached hydrogen (secondary N) is 1. The third-order valence-corrected chi connectivity index (χ3v) is 8.19. The maximum atomic E-state index is 13.5. The second kappa shape index (κ2) is 13.1. The molecule has 0 saturated carbocycles. The van der Waals surface area contributed by atoms with Gasteiger partial charge in [0.25, 0.3) is 10.0 Å². The van der Waals surface area contributed by atoms with E-state index >= 15 is 0 Å². The lowest BCUT2D eigenvalue weighted by atomic mass is 10.1. The Morgan fingerprint density at radius 2 is 1.61 bits per heavy atom. The van der Waals surface area contributed by atoms with Gasteiger partial charge in [-0.1, -0.05) is 35.9 Å². The summed E-state index contributed by atoms with van der Waals surface area (Å²) >= 11 is 5.95. The van der Waals surface area contributed by atoms with Crippen LogP contribution < -0.4 is 14.4 Å². The third kappa shape index (κ3) is 7.48. The van der Waals surface area contributed by atoms with Crippen molar-refractivity contribution in [3.63, 3.8) is 0 Å². The van der Waals surface area contributed by atoms with E-state index in [0.717, 1.165) is 42.7 Å². The Labute approximate surface area is 229 Å². The monoisotopic (exact) mass is 557 g/mol. The van der Waals surface area contributed by atoms with Crippen molar-refractivity contribution in [1.82, 2.24) is 10.2 Å². The summed E-state index contributed by atoms with van der Waals surface area (Å²) in [5.74, 6) is 0.190. The summed E-state index contributed by atoms with van der Waals surface area (Å²) in [6, 6.07) is 20.5. The second-order valence-electron chi connectivity index (χ2n) is 8.87. The summed E-state index contributed by atoms with van der Waals surface area (Å²) in [5, 5.41) is 3.27. The summed E-state index contributed by atoms with van der Waals surface area (Å²) in [6.07, 6.45) is 0. The van der Waals surface area contributed by atoms with Gasteiger partial charge in [-0.15, -0.1) is 0 Å². The number of ether oxygens (including phenoxy) is 2. The SMILES string of the molecule is CCOc1ccc(N(CC(=O)NCc2ccc(CN3CCOCC3)cc2)S(=O)(=O)c2ccc(Cl)cc2)cc1. The highest BCUT2D eigenvalue weighted by Gasteiger charge is 2.27. The number of hydrogen-bond donors (Lipinski definition) is 1. The molecule has 1 fully saturated rings.